The van der Waals surface area contributed by atoms with E-state index >= 15 is 0 Å². The number of thiophene rings is 1. The molecule has 106 valence electrons. The van der Waals surface area contributed by atoms with E-state index in [0.717, 1.165) is 27.5 Å². The van der Waals surface area contributed by atoms with Crippen molar-refractivity contribution in [1.82, 2.24) is 9.97 Å². The highest BCUT2D eigenvalue weighted by Gasteiger charge is 2.28. The Morgan fingerprint density at radius 3 is 2.80 bits per heavy atom. The summed E-state index contributed by atoms with van der Waals surface area (Å²) >= 11 is 11.5. The molecule has 0 bridgehead atoms. The van der Waals surface area contributed by atoms with Gasteiger partial charge in [0.2, 0.25) is 0 Å². The first-order valence-corrected chi connectivity index (χ1v) is 8.57. The molecule has 0 N–H and O–H groups in total. The van der Waals surface area contributed by atoms with Crippen LogP contribution >= 0.6 is 38.9 Å². The van der Waals surface area contributed by atoms with Crippen molar-refractivity contribution in [3.05, 3.63) is 37.3 Å². The van der Waals surface area contributed by atoms with Gasteiger partial charge < -0.3 is 4.90 Å². The van der Waals surface area contributed by atoms with Crippen LogP contribution < -0.4 is 4.90 Å². The summed E-state index contributed by atoms with van der Waals surface area (Å²) in [5.41, 5.74) is 2.22. The van der Waals surface area contributed by atoms with E-state index in [0.29, 0.717) is 11.1 Å². The monoisotopic (exact) mass is 371 g/mol. The van der Waals surface area contributed by atoms with Gasteiger partial charge in [-0.1, -0.05) is 11.6 Å². The van der Waals surface area contributed by atoms with Gasteiger partial charge in [0.05, 0.1) is 3.79 Å². The number of anilines is 1. The second-order valence-corrected chi connectivity index (χ2v) is 7.86. The lowest BCUT2D eigenvalue weighted by Crippen LogP contribution is -2.19. The summed E-state index contributed by atoms with van der Waals surface area (Å²) in [6.45, 7) is 2.80. The summed E-state index contributed by atoms with van der Waals surface area (Å²) in [5.74, 6) is 2.35. The van der Waals surface area contributed by atoms with Gasteiger partial charge in [-0.2, -0.15) is 0 Å². The summed E-state index contributed by atoms with van der Waals surface area (Å²) in [4.78, 5) is 11.3. The maximum absolute atomic E-state index is 6.26. The standard InChI is InChI=1S/C14H15BrClN3S/c1-8-12(16)17-13(10-3-4-10)18-14(8)19(2)6-9-5-11(15)20-7-9/h5,7,10H,3-4,6H2,1-2H3. The molecule has 6 heteroatoms. The van der Waals surface area contributed by atoms with Gasteiger partial charge in [0.1, 0.15) is 16.8 Å². The second-order valence-electron chi connectivity index (χ2n) is 5.21. The zero-order chi connectivity index (χ0) is 14.3. The van der Waals surface area contributed by atoms with Gasteiger partial charge in [-0.15, -0.1) is 11.3 Å². The molecule has 1 aliphatic carbocycles. The summed E-state index contributed by atoms with van der Waals surface area (Å²) in [7, 11) is 2.05. The largest absolute Gasteiger partial charge is 0.355 e. The van der Waals surface area contributed by atoms with Crippen molar-refractivity contribution in [1.29, 1.82) is 0 Å². The molecule has 3 nitrogen and oxygen atoms in total. The Morgan fingerprint density at radius 1 is 1.45 bits per heavy atom. The molecule has 20 heavy (non-hydrogen) atoms. The zero-order valence-corrected chi connectivity index (χ0v) is 14.5. The molecule has 0 atom stereocenters. The van der Waals surface area contributed by atoms with Crippen LogP contribution in [0, 0.1) is 6.92 Å². The molecule has 0 aromatic carbocycles. The number of aromatic nitrogens is 2. The molecule has 0 saturated heterocycles. The topological polar surface area (TPSA) is 29.0 Å². The van der Waals surface area contributed by atoms with Crippen molar-refractivity contribution >= 4 is 44.7 Å². The first-order valence-electron chi connectivity index (χ1n) is 6.52. The molecule has 0 amide bonds. The van der Waals surface area contributed by atoms with Crippen molar-refractivity contribution < 1.29 is 0 Å². The van der Waals surface area contributed by atoms with Gasteiger partial charge in [0.15, 0.2) is 0 Å². The van der Waals surface area contributed by atoms with E-state index in [1.807, 2.05) is 14.0 Å². The summed E-state index contributed by atoms with van der Waals surface area (Å²) in [5, 5.41) is 2.73. The van der Waals surface area contributed by atoms with Gasteiger partial charge in [-0.25, -0.2) is 9.97 Å². The minimum Gasteiger partial charge on any atom is -0.355 e. The third kappa shape index (κ3) is 3.00. The Bertz CT molecular complexity index is 639. The predicted octanol–water partition coefficient (Wildman–Crippen LogP) is 4.78. The molecule has 0 radical (unpaired) electrons. The molecule has 1 aliphatic rings. The van der Waals surface area contributed by atoms with E-state index in [1.165, 1.54) is 18.4 Å². The number of nitrogens with zero attached hydrogens (tertiary/aromatic N) is 3. The van der Waals surface area contributed by atoms with Crippen molar-refractivity contribution in [2.24, 2.45) is 0 Å². The molecule has 0 unspecified atom stereocenters. The fourth-order valence-corrected chi connectivity index (χ4v) is 3.54. The van der Waals surface area contributed by atoms with Crippen LogP contribution in [0.15, 0.2) is 15.2 Å². The van der Waals surface area contributed by atoms with Crippen LogP contribution in [-0.4, -0.2) is 17.0 Å². The average molecular weight is 373 g/mol. The molecule has 0 spiro atoms. The van der Waals surface area contributed by atoms with Crippen LogP contribution in [0.25, 0.3) is 0 Å². The second kappa shape index (κ2) is 5.62. The van der Waals surface area contributed by atoms with Crippen molar-refractivity contribution in [2.75, 3.05) is 11.9 Å². The van der Waals surface area contributed by atoms with E-state index in [9.17, 15) is 0 Å². The van der Waals surface area contributed by atoms with Crippen LogP contribution in [0.1, 0.15) is 35.7 Å². The maximum Gasteiger partial charge on any atom is 0.137 e. The zero-order valence-electron chi connectivity index (χ0n) is 11.4. The lowest BCUT2D eigenvalue weighted by Gasteiger charge is -2.20. The van der Waals surface area contributed by atoms with Crippen molar-refractivity contribution in [3.8, 4) is 0 Å². The molecule has 2 aromatic rings. The molecule has 0 aliphatic heterocycles. The molecule has 2 heterocycles. The van der Waals surface area contributed by atoms with Crippen molar-refractivity contribution in [3.63, 3.8) is 0 Å². The summed E-state index contributed by atoms with van der Waals surface area (Å²) in [6, 6.07) is 2.14. The minimum atomic E-state index is 0.510. The Labute approximate surface area is 136 Å². The van der Waals surface area contributed by atoms with Crippen LogP contribution in [0.5, 0.6) is 0 Å². The summed E-state index contributed by atoms with van der Waals surface area (Å²) < 4.78 is 1.15. The normalized spacial score (nSPS) is 14.6. The van der Waals surface area contributed by atoms with Crippen LogP contribution in [-0.2, 0) is 6.54 Å². The van der Waals surface area contributed by atoms with Gasteiger partial charge in [-0.05, 0) is 52.7 Å². The molecule has 1 fully saturated rings. The van der Waals surface area contributed by atoms with Crippen LogP contribution in [0.2, 0.25) is 5.15 Å². The smallest absolute Gasteiger partial charge is 0.137 e. The van der Waals surface area contributed by atoms with E-state index in [4.69, 9.17) is 16.6 Å². The minimum absolute atomic E-state index is 0.510. The Morgan fingerprint density at radius 2 is 2.20 bits per heavy atom. The van der Waals surface area contributed by atoms with Gasteiger partial charge >= 0.3 is 0 Å². The van der Waals surface area contributed by atoms with Crippen LogP contribution in [0.3, 0.4) is 0 Å². The lowest BCUT2D eigenvalue weighted by molar-refractivity contribution is 0.846. The maximum atomic E-state index is 6.26. The molecule has 2 aromatic heterocycles. The Hall–Kier alpha value is -0.650. The van der Waals surface area contributed by atoms with Crippen molar-refractivity contribution in [2.45, 2.75) is 32.2 Å². The third-order valence-electron chi connectivity index (χ3n) is 3.42. The average Bonchev–Trinajstić information content (AvgIpc) is 3.17. The molecule has 3 rings (SSSR count). The Balaban J connectivity index is 1.87. The van der Waals surface area contributed by atoms with E-state index in [2.05, 4.69) is 37.3 Å². The van der Waals surface area contributed by atoms with E-state index in [1.54, 1.807) is 11.3 Å². The first kappa shape index (κ1) is 14.3. The fourth-order valence-electron chi connectivity index (χ4n) is 2.17. The van der Waals surface area contributed by atoms with Gasteiger partial charge in [0, 0.05) is 25.1 Å². The number of hydrogen-bond acceptors (Lipinski definition) is 4. The van der Waals surface area contributed by atoms with E-state index < -0.39 is 0 Å². The highest BCUT2D eigenvalue weighted by molar-refractivity contribution is 9.11. The van der Waals surface area contributed by atoms with Crippen LogP contribution in [0.4, 0.5) is 5.82 Å². The summed E-state index contributed by atoms with van der Waals surface area (Å²) in [6.07, 6.45) is 2.36. The molecular weight excluding hydrogens is 358 g/mol. The molecular formula is C14H15BrClN3S. The molecule has 1 saturated carbocycles. The lowest BCUT2D eigenvalue weighted by atomic mass is 10.2. The quantitative estimate of drug-likeness (QED) is 0.723. The predicted molar refractivity (Wildman–Crippen MR) is 87.9 cm³/mol. The van der Waals surface area contributed by atoms with Gasteiger partial charge in [0.25, 0.3) is 0 Å². The number of hydrogen-bond donors (Lipinski definition) is 0. The SMILES string of the molecule is Cc1c(Cl)nc(C2CC2)nc1N(C)Cc1csc(Br)c1. The highest BCUT2D eigenvalue weighted by atomic mass is 79.9. The van der Waals surface area contributed by atoms with E-state index in [-0.39, 0.29) is 0 Å². The van der Waals surface area contributed by atoms with Gasteiger partial charge in [-0.3, -0.25) is 0 Å². The number of rotatable bonds is 4. The fraction of sp³-hybridized carbons (Fsp3) is 0.429. The first-order chi connectivity index (χ1) is 9.54. The number of halogens is 2. The third-order valence-corrected chi connectivity index (χ3v) is 5.34. The Kier molecular flexibility index (Phi) is 4.02. The highest BCUT2D eigenvalue weighted by Crippen LogP contribution is 2.40.